The molecule has 1 unspecified atom stereocenters. The monoisotopic (exact) mass is 288 g/mol. The molecular formula is C12H11F3N2O3. The number of cyclic esters (lactones) is 1. The Bertz CT molecular complexity index is 545. The van der Waals surface area contributed by atoms with Crippen LogP contribution in [0, 0.1) is 0 Å². The molecule has 1 aromatic rings. The summed E-state index contributed by atoms with van der Waals surface area (Å²) >= 11 is 0. The van der Waals surface area contributed by atoms with Crippen molar-refractivity contribution in [2.24, 2.45) is 0 Å². The van der Waals surface area contributed by atoms with Gasteiger partial charge in [0.05, 0.1) is 12.1 Å². The Kier molecular flexibility index (Phi) is 3.56. The summed E-state index contributed by atoms with van der Waals surface area (Å²) in [5.74, 6) is 0. The van der Waals surface area contributed by atoms with Crippen LogP contribution in [0.1, 0.15) is 12.5 Å². The number of carbonyl (C=O) groups excluding carboxylic acids is 2. The highest BCUT2D eigenvalue weighted by molar-refractivity contribution is 5.91. The first kappa shape index (κ1) is 14.2. The van der Waals surface area contributed by atoms with E-state index in [2.05, 4.69) is 5.32 Å². The number of amides is 2. The van der Waals surface area contributed by atoms with E-state index in [9.17, 15) is 22.8 Å². The number of anilines is 2. The van der Waals surface area contributed by atoms with E-state index in [1.165, 1.54) is 6.07 Å². The van der Waals surface area contributed by atoms with Crippen molar-refractivity contribution in [1.82, 2.24) is 0 Å². The van der Waals surface area contributed by atoms with E-state index in [0.29, 0.717) is 0 Å². The van der Waals surface area contributed by atoms with Gasteiger partial charge in [0.15, 0.2) is 0 Å². The predicted octanol–water partition coefficient (Wildman–Crippen LogP) is 2.62. The Morgan fingerprint density at radius 1 is 1.40 bits per heavy atom. The third-order valence-electron chi connectivity index (χ3n) is 2.74. The number of rotatable bonds is 3. The molecule has 1 aliphatic rings. The Balaban J connectivity index is 2.44. The summed E-state index contributed by atoms with van der Waals surface area (Å²) in [5.41, 5.74) is -0.970. The van der Waals surface area contributed by atoms with Crippen LogP contribution in [0.2, 0.25) is 0 Å². The van der Waals surface area contributed by atoms with Crippen molar-refractivity contribution >= 4 is 23.9 Å². The van der Waals surface area contributed by atoms with Crippen molar-refractivity contribution in [3.63, 3.8) is 0 Å². The van der Waals surface area contributed by atoms with Gasteiger partial charge in [-0.1, -0.05) is 0 Å². The SMILES string of the molecule is CC1CN(c2cc(NC=O)cc(C(F)(F)F)c2)C(=O)O1. The zero-order valence-corrected chi connectivity index (χ0v) is 10.4. The third-order valence-corrected chi connectivity index (χ3v) is 2.74. The van der Waals surface area contributed by atoms with Crippen LogP contribution in [0.15, 0.2) is 18.2 Å². The number of ether oxygens (including phenoxy) is 1. The van der Waals surface area contributed by atoms with Gasteiger partial charge in [-0.2, -0.15) is 13.2 Å². The molecule has 108 valence electrons. The predicted molar refractivity (Wildman–Crippen MR) is 64.4 cm³/mol. The standard InChI is InChI=1S/C12H11F3N2O3/c1-7-5-17(11(19)20-7)10-3-8(12(13,14)15)2-9(4-10)16-6-18/h2-4,6-7H,5H2,1H3,(H,16,18). The molecule has 1 aromatic carbocycles. The summed E-state index contributed by atoms with van der Waals surface area (Å²) in [6.45, 7) is 1.79. The van der Waals surface area contributed by atoms with Crippen LogP contribution >= 0.6 is 0 Å². The number of nitrogens with one attached hydrogen (secondary N) is 1. The molecule has 2 amide bonds. The molecule has 0 saturated carbocycles. The maximum atomic E-state index is 12.8. The molecule has 8 heteroatoms. The van der Waals surface area contributed by atoms with Crippen LogP contribution in [0.25, 0.3) is 0 Å². The van der Waals surface area contributed by atoms with Gasteiger partial charge >= 0.3 is 12.3 Å². The van der Waals surface area contributed by atoms with Gasteiger partial charge in [-0.3, -0.25) is 9.69 Å². The highest BCUT2D eigenvalue weighted by Crippen LogP contribution is 2.35. The topological polar surface area (TPSA) is 58.6 Å². The maximum Gasteiger partial charge on any atom is 0.416 e. The zero-order chi connectivity index (χ0) is 14.9. The number of carbonyl (C=O) groups is 2. The molecule has 1 heterocycles. The van der Waals surface area contributed by atoms with Gasteiger partial charge in [0.1, 0.15) is 6.10 Å². The van der Waals surface area contributed by atoms with E-state index in [1.54, 1.807) is 6.92 Å². The second-order valence-corrected chi connectivity index (χ2v) is 4.33. The lowest BCUT2D eigenvalue weighted by Crippen LogP contribution is -2.24. The van der Waals surface area contributed by atoms with E-state index in [0.717, 1.165) is 17.0 Å². The lowest BCUT2D eigenvalue weighted by atomic mass is 10.1. The number of hydrogen-bond donors (Lipinski definition) is 1. The first-order valence-electron chi connectivity index (χ1n) is 5.72. The van der Waals surface area contributed by atoms with Crippen LogP contribution in [-0.2, 0) is 15.7 Å². The fourth-order valence-corrected chi connectivity index (χ4v) is 1.90. The fourth-order valence-electron chi connectivity index (χ4n) is 1.90. The molecule has 1 atom stereocenters. The van der Waals surface area contributed by atoms with E-state index < -0.39 is 23.9 Å². The molecule has 0 aromatic heterocycles. The van der Waals surface area contributed by atoms with Gasteiger partial charge in [0, 0.05) is 11.4 Å². The minimum absolute atomic E-state index is 0.0264. The molecule has 5 nitrogen and oxygen atoms in total. The third kappa shape index (κ3) is 2.84. The van der Waals surface area contributed by atoms with E-state index in [4.69, 9.17) is 4.74 Å². The van der Waals surface area contributed by atoms with Gasteiger partial charge in [0.2, 0.25) is 6.41 Å². The lowest BCUT2D eigenvalue weighted by Gasteiger charge is -2.17. The molecule has 20 heavy (non-hydrogen) atoms. The number of nitrogens with zero attached hydrogens (tertiary/aromatic N) is 1. The quantitative estimate of drug-likeness (QED) is 0.870. The highest BCUT2D eigenvalue weighted by atomic mass is 19.4. The summed E-state index contributed by atoms with van der Waals surface area (Å²) < 4.78 is 43.3. The molecular weight excluding hydrogens is 277 g/mol. The average Bonchev–Trinajstić information content (AvgIpc) is 2.67. The zero-order valence-electron chi connectivity index (χ0n) is 10.4. The van der Waals surface area contributed by atoms with Gasteiger partial charge < -0.3 is 10.1 Å². The molecule has 2 rings (SSSR count). The van der Waals surface area contributed by atoms with Crippen LogP contribution in [-0.4, -0.2) is 25.2 Å². The highest BCUT2D eigenvalue weighted by Gasteiger charge is 2.34. The average molecular weight is 288 g/mol. The summed E-state index contributed by atoms with van der Waals surface area (Å²) in [6, 6.07) is 2.92. The van der Waals surface area contributed by atoms with Crippen molar-refractivity contribution in [1.29, 1.82) is 0 Å². The maximum absolute atomic E-state index is 12.8. The molecule has 1 fully saturated rings. The van der Waals surface area contributed by atoms with Crippen molar-refractivity contribution in [2.75, 3.05) is 16.8 Å². The summed E-state index contributed by atoms with van der Waals surface area (Å²) in [5, 5.41) is 2.15. The first-order chi connectivity index (χ1) is 9.31. The van der Waals surface area contributed by atoms with Crippen molar-refractivity contribution < 1.29 is 27.5 Å². The first-order valence-corrected chi connectivity index (χ1v) is 5.72. The lowest BCUT2D eigenvalue weighted by molar-refractivity contribution is -0.137. The molecule has 0 spiro atoms. The van der Waals surface area contributed by atoms with Crippen LogP contribution < -0.4 is 10.2 Å². The Hall–Kier alpha value is -2.25. The number of benzene rings is 1. The molecule has 1 aliphatic heterocycles. The van der Waals surface area contributed by atoms with Crippen molar-refractivity contribution in [3.05, 3.63) is 23.8 Å². The van der Waals surface area contributed by atoms with Crippen LogP contribution in [0.5, 0.6) is 0 Å². The minimum Gasteiger partial charge on any atom is -0.444 e. The second-order valence-electron chi connectivity index (χ2n) is 4.33. The normalized spacial score (nSPS) is 18.9. The fraction of sp³-hybridized carbons (Fsp3) is 0.333. The molecule has 1 N–H and O–H groups in total. The Labute approximate surface area is 112 Å². The number of alkyl halides is 3. The summed E-state index contributed by atoms with van der Waals surface area (Å²) in [6.07, 6.45) is -5.43. The van der Waals surface area contributed by atoms with Crippen LogP contribution in [0.4, 0.5) is 29.3 Å². The molecule has 0 bridgehead atoms. The van der Waals surface area contributed by atoms with E-state index >= 15 is 0 Å². The van der Waals surface area contributed by atoms with E-state index in [1.807, 2.05) is 0 Å². The largest absolute Gasteiger partial charge is 0.444 e. The van der Waals surface area contributed by atoms with Crippen molar-refractivity contribution in [3.8, 4) is 0 Å². The van der Waals surface area contributed by atoms with Gasteiger partial charge in [-0.15, -0.1) is 0 Å². The van der Waals surface area contributed by atoms with Crippen molar-refractivity contribution in [2.45, 2.75) is 19.2 Å². The van der Waals surface area contributed by atoms with E-state index in [-0.39, 0.29) is 24.3 Å². The molecule has 0 radical (unpaired) electrons. The Morgan fingerprint density at radius 3 is 2.60 bits per heavy atom. The minimum atomic E-state index is -4.58. The van der Waals surface area contributed by atoms with Crippen LogP contribution in [0.3, 0.4) is 0 Å². The van der Waals surface area contributed by atoms with Gasteiger partial charge in [-0.25, -0.2) is 4.79 Å². The smallest absolute Gasteiger partial charge is 0.416 e. The second kappa shape index (κ2) is 5.03. The Morgan fingerprint density at radius 2 is 2.10 bits per heavy atom. The number of hydrogen-bond acceptors (Lipinski definition) is 3. The summed E-state index contributed by atoms with van der Waals surface area (Å²) in [7, 11) is 0. The van der Waals surface area contributed by atoms with Gasteiger partial charge in [-0.05, 0) is 25.1 Å². The molecule has 0 aliphatic carbocycles. The molecule has 1 saturated heterocycles. The number of halogens is 3. The summed E-state index contributed by atoms with van der Waals surface area (Å²) in [4.78, 5) is 23.0. The van der Waals surface area contributed by atoms with Gasteiger partial charge in [0.25, 0.3) is 0 Å².